The van der Waals surface area contributed by atoms with Crippen LogP contribution in [0.1, 0.15) is 20.3 Å². The van der Waals surface area contributed by atoms with E-state index in [1.54, 1.807) is 0 Å². The second kappa shape index (κ2) is 5.37. The minimum Gasteiger partial charge on any atom is -0.312 e. The molecule has 0 radical (unpaired) electrons. The highest BCUT2D eigenvalue weighted by molar-refractivity contribution is 4.56. The molecule has 0 aliphatic carbocycles. The molecule has 2 nitrogen and oxygen atoms in total. The van der Waals surface area contributed by atoms with E-state index in [0.29, 0.717) is 0 Å². The molecule has 0 spiro atoms. The first-order valence-electron chi connectivity index (χ1n) is 3.89. The number of halogens is 3. The predicted molar refractivity (Wildman–Crippen MR) is 39.8 cm³/mol. The molecule has 0 bridgehead atoms. The van der Waals surface area contributed by atoms with Crippen LogP contribution < -0.4 is 5.32 Å². The van der Waals surface area contributed by atoms with E-state index in [2.05, 4.69) is 10.1 Å². The van der Waals surface area contributed by atoms with Crippen molar-refractivity contribution in [2.45, 2.75) is 32.7 Å². The number of alkyl halides is 3. The highest BCUT2D eigenvalue weighted by Gasteiger charge is 2.28. The molecular formula is C7H14F3NO. The average molecular weight is 185 g/mol. The minimum absolute atomic E-state index is 0.231. The molecule has 1 N–H and O–H groups in total. The van der Waals surface area contributed by atoms with Crippen LogP contribution in [-0.2, 0) is 4.74 Å². The molecule has 0 aliphatic rings. The summed E-state index contributed by atoms with van der Waals surface area (Å²) in [5.41, 5.74) is 0. The third-order valence-electron chi connectivity index (χ3n) is 1.47. The van der Waals surface area contributed by atoms with Crippen LogP contribution in [0.15, 0.2) is 0 Å². The van der Waals surface area contributed by atoms with Gasteiger partial charge < -0.3 is 5.32 Å². The van der Waals surface area contributed by atoms with E-state index >= 15 is 0 Å². The molecule has 0 fully saturated rings. The Morgan fingerprint density at radius 2 is 2.00 bits per heavy atom. The van der Waals surface area contributed by atoms with Gasteiger partial charge in [-0.2, -0.15) is 0 Å². The van der Waals surface area contributed by atoms with Gasteiger partial charge in [0.05, 0.1) is 6.61 Å². The van der Waals surface area contributed by atoms with Crippen molar-refractivity contribution in [1.29, 1.82) is 0 Å². The van der Waals surface area contributed by atoms with Crippen LogP contribution >= 0.6 is 0 Å². The maximum absolute atomic E-state index is 11.4. The number of hydrogen-bond donors (Lipinski definition) is 1. The molecule has 1 atom stereocenters. The summed E-state index contributed by atoms with van der Waals surface area (Å²) in [5, 5.41) is 2.88. The molecule has 0 saturated heterocycles. The van der Waals surface area contributed by atoms with Crippen LogP contribution in [0.5, 0.6) is 0 Å². The zero-order valence-corrected chi connectivity index (χ0v) is 7.24. The second-order valence-corrected chi connectivity index (χ2v) is 2.56. The third-order valence-corrected chi connectivity index (χ3v) is 1.47. The number of rotatable bonds is 5. The summed E-state index contributed by atoms with van der Waals surface area (Å²) in [6.07, 6.45) is -3.61. The first-order chi connectivity index (χ1) is 5.45. The van der Waals surface area contributed by atoms with Crippen LogP contribution in [0, 0.1) is 0 Å². The van der Waals surface area contributed by atoms with Crippen LogP contribution in [0.3, 0.4) is 0 Å². The van der Waals surface area contributed by atoms with Crippen molar-refractivity contribution in [1.82, 2.24) is 5.32 Å². The van der Waals surface area contributed by atoms with Crippen LogP contribution in [0.4, 0.5) is 13.2 Å². The Hall–Kier alpha value is -0.290. The summed E-state index contributed by atoms with van der Waals surface area (Å²) in [7, 11) is 0. The molecule has 0 aromatic carbocycles. The van der Waals surface area contributed by atoms with Gasteiger partial charge in [0.2, 0.25) is 0 Å². The highest BCUT2D eigenvalue weighted by atomic mass is 19.4. The Kier molecular flexibility index (Phi) is 5.24. The Balaban J connectivity index is 3.22. The fourth-order valence-electron chi connectivity index (χ4n) is 0.616. The van der Waals surface area contributed by atoms with Crippen molar-refractivity contribution in [2.75, 3.05) is 13.2 Å². The fourth-order valence-corrected chi connectivity index (χ4v) is 0.616. The number of hydrogen-bond acceptors (Lipinski definition) is 2. The Labute approximate surface area is 70.1 Å². The lowest BCUT2D eigenvalue weighted by atomic mass is 10.3. The fraction of sp³-hybridized carbons (Fsp3) is 1.00. The average Bonchev–Trinajstić information content (AvgIpc) is 1.96. The van der Waals surface area contributed by atoms with Gasteiger partial charge in [-0.1, -0.05) is 6.92 Å². The number of nitrogens with one attached hydrogen (secondary N) is 1. The van der Waals surface area contributed by atoms with Crippen molar-refractivity contribution in [3.63, 3.8) is 0 Å². The maximum atomic E-state index is 11.4. The Bertz CT molecular complexity index is 116. The Morgan fingerprint density at radius 3 is 2.42 bits per heavy atom. The van der Waals surface area contributed by atoms with E-state index in [4.69, 9.17) is 0 Å². The van der Waals surface area contributed by atoms with E-state index in [0.717, 1.165) is 6.42 Å². The van der Waals surface area contributed by atoms with Crippen LogP contribution in [-0.4, -0.2) is 25.6 Å². The van der Waals surface area contributed by atoms with Crippen molar-refractivity contribution in [3.05, 3.63) is 0 Å². The quantitative estimate of drug-likeness (QED) is 0.660. The van der Waals surface area contributed by atoms with Crippen molar-refractivity contribution in [2.24, 2.45) is 0 Å². The van der Waals surface area contributed by atoms with E-state index < -0.39 is 6.36 Å². The van der Waals surface area contributed by atoms with Gasteiger partial charge >= 0.3 is 6.36 Å². The molecule has 0 heterocycles. The molecule has 1 unspecified atom stereocenters. The number of ether oxygens (including phenoxy) is 1. The molecule has 0 aromatic heterocycles. The van der Waals surface area contributed by atoms with Crippen LogP contribution in [0.25, 0.3) is 0 Å². The third kappa shape index (κ3) is 7.81. The summed E-state index contributed by atoms with van der Waals surface area (Å²) in [6.45, 7) is 3.78. The lowest BCUT2D eigenvalue weighted by Gasteiger charge is -2.12. The van der Waals surface area contributed by atoms with Gasteiger partial charge in [-0.3, -0.25) is 4.74 Å². The summed E-state index contributed by atoms with van der Waals surface area (Å²) in [4.78, 5) is 0. The van der Waals surface area contributed by atoms with Crippen molar-refractivity contribution < 1.29 is 17.9 Å². The summed E-state index contributed by atoms with van der Waals surface area (Å²) in [6, 6.07) is 0.238. The Morgan fingerprint density at radius 1 is 1.42 bits per heavy atom. The predicted octanol–water partition coefficient (Wildman–Crippen LogP) is 1.91. The van der Waals surface area contributed by atoms with Crippen molar-refractivity contribution in [3.8, 4) is 0 Å². The van der Waals surface area contributed by atoms with E-state index in [1.165, 1.54) is 0 Å². The van der Waals surface area contributed by atoms with Gasteiger partial charge in [0.25, 0.3) is 0 Å². The SMILES string of the molecule is CCC(C)NCCOC(F)(F)F. The standard InChI is InChI=1S/C7H14F3NO/c1-3-6(2)11-4-5-12-7(8,9)10/h6,11H,3-5H2,1-2H3. The first-order valence-corrected chi connectivity index (χ1v) is 3.89. The highest BCUT2D eigenvalue weighted by Crippen LogP contribution is 2.15. The second-order valence-electron chi connectivity index (χ2n) is 2.56. The van der Waals surface area contributed by atoms with Gasteiger partial charge in [0.15, 0.2) is 0 Å². The zero-order valence-electron chi connectivity index (χ0n) is 7.24. The summed E-state index contributed by atoms with van der Waals surface area (Å²) < 4.78 is 37.8. The van der Waals surface area contributed by atoms with Gasteiger partial charge in [-0.25, -0.2) is 0 Å². The molecule has 0 saturated carbocycles. The van der Waals surface area contributed by atoms with Crippen molar-refractivity contribution >= 4 is 0 Å². The molecule has 74 valence electrons. The van der Waals surface area contributed by atoms with E-state index in [-0.39, 0.29) is 19.2 Å². The first kappa shape index (κ1) is 11.7. The molecule has 0 amide bonds. The molecule has 12 heavy (non-hydrogen) atoms. The molecule has 0 rings (SSSR count). The largest absolute Gasteiger partial charge is 0.522 e. The molecule has 0 aliphatic heterocycles. The van der Waals surface area contributed by atoms with Gasteiger partial charge in [-0.05, 0) is 13.3 Å². The summed E-state index contributed by atoms with van der Waals surface area (Å²) >= 11 is 0. The topological polar surface area (TPSA) is 21.3 Å². The lowest BCUT2D eigenvalue weighted by molar-refractivity contribution is -0.323. The normalized spacial score (nSPS) is 14.8. The van der Waals surface area contributed by atoms with Gasteiger partial charge in [0.1, 0.15) is 0 Å². The monoisotopic (exact) mass is 185 g/mol. The molecule has 0 aromatic rings. The lowest BCUT2D eigenvalue weighted by Crippen LogP contribution is -2.30. The maximum Gasteiger partial charge on any atom is 0.522 e. The summed E-state index contributed by atoms with van der Waals surface area (Å²) in [5.74, 6) is 0. The smallest absolute Gasteiger partial charge is 0.312 e. The molecule has 5 heteroatoms. The van der Waals surface area contributed by atoms with E-state index in [1.807, 2.05) is 13.8 Å². The van der Waals surface area contributed by atoms with Gasteiger partial charge in [-0.15, -0.1) is 13.2 Å². The molecular weight excluding hydrogens is 171 g/mol. The zero-order chi connectivity index (χ0) is 9.61. The minimum atomic E-state index is -4.50. The van der Waals surface area contributed by atoms with Gasteiger partial charge in [0, 0.05) is 12.6 Å². The van der Waals surface area contributed by atoms with E-state index in [9.17, 15) is 13.2 Å². The van der Waals surface area contributed by atoms with Crippen LogP contribution in [0.2, 0.25) is 0 Å².